The molecule has 0 heterocycles. The summed E-state index contributed by atoms with van der Waals surface area (Å²) in [5.74, 6) is 1.98. The fourth-order valence-electron chi connectivity index (χ4n) is 2.64. The average molecular weight is 325 g/mol. The van der Waals surface area contributed by atoms with Gasteiger partial charge in [0.25, 0.3) is 5.91 Å². The van der Waals surface area contributed by atoms with Crippen LogP contribution in [-0.2, 0) is 0 Å². The van der Waals surface area contributed by atoms with Crippen LogP contribution < -0.4 is 14.8 Å². The van der Waals surface area contributed by atoms with E-state index in [9.17, 15) is 4.79 Å². The summed E-state index contributed by atoms with van der Waals surface area (Å²) in [5.41, 5.74) is 0.580. The van der Waals surface area contributed by atoms with Crippen LogP contribution in [0.5, 0.6) is 11.5 Å². The van der Waals surface area contributed by atoms with Crippen LogP contribution in [0.4, 0.5) is 0 Å². The van der Waals surface area contributed by atoms with Gasteiger partial charge >= 0.3 is 0 Å². The first-order valence-corrected chi connectivity index (χ1v) is 8.51. The van der Waals surface area contributed by atoms with E-state index in [4.69, 9.17) is 9.47 Å². The Morgan fingerprint density at radius 3 is 2.42 bits per heavy atom. The van der Waals surface area contributed by atoms with E-state index in [2.05, 4.69) is 5.32 Å². The van der Waals surface area contributed by atoms with Gasteiger partial charge in [-0.3, -0.25) is 4.79 Å². The Balaban J connectivity index is 1.48. The SMILES string of the molecule is O=C(NCC1CCC1)c1ccccc1OCCOc1ccccc1. The van der Waals surface area contributed by atoms with E-state index in [0.717, 1.165) is 12.3 Å². The van der Waals surface area contributed by atoms with Crippen molar-refractivity contribution in [1.29, 1.82) is 0 Å². The highest BCUT2D eigenvalue weighted by atomic mass is 16.5. The van der Waals surface area contributed by atoms with E-state index < -0.39 is 0 Å². The van der Waals surface area contributed by atoms with Crippen molar-refractivity contribution in [3.05, 3.63) is 60.2 Å². The number of benzene rings is 2. The number of amides is 1. The van der Waals surface area contributed by atoms with E-state index >= 15 is 0 Å². The predicted octanol–water partition coefficient (Wildman–Crippen LogP) is 3.67. The van der Waals surface area contributed by atoms with Gasteiger partial charge < -0.3 is 14.8 Å². The molecular weight excluding hydrogens is 302 g/mol. The van der Waals surface area contributed by atoms with Gasteiger partial charge in [0.15, 0.2) is 0 Å². The molecule has 126 valence electrons. The van der Waals surface area contributed by atoms with Crippen LogP contribution in [0.1, 0.15) is 29.6 Å². The summed E-state index contributed by atoms with van der Waals surface area (Å²) in [6.45, 7) is 1.58. The van der Waals surface area contributed by atoms with Crippen molar-refractivity contribution in [2.45, 2.75) is 19.3 Å². The van der Waals surface area contributed by atoms with Crippen molar-refractivity contribution in [3.63, 3.8) is 0 Å². The predicted molar refractivity (Wildman–Crippen MR) is 93.5 cm³/mol. The van der Waals surface area contributed by atoms with E-state index in [1.165, 1.54) is 19.3 Å². The minimum Gasteiger partial charge on any atom is -0.490 e. The molecule has 1 amide bonds. The Morgan fingerprint density at radius 2 is 1.67 bits per heavy atom. The zero-order valence-corrected chi connectivity index (χ0v) is 13.7. The van der Waals surface area contributed by atoms with Gasteiger partial charge in [0.1, 0.15) is 24.7 Å². The zero-order valence-electron chi connectivity index (χ0n) is 13.7. The van der Waals surface area contributed by atoms with Gasteiger partial charge in [-0.15, -0.1) is 0 Å². The molecule has 0 saturated heterocycles. The molecule has 2 aromatic rings. The van der Waals surface area contributed by atoms with Crippen LogP contribution >= 0.6 is 0 Å². The molecule has 1 aliphatic carbocycles. The number of carbonyl (C=O) groups is 1. The summed E-state index contributed by atoms with van der Waals surface area (Å²) >= 11 is 0. The minimum absolute atomic E-state index is 0.0681. The lowest BCUT2D eigenvalue weighted by molar-refractivity contribution is 0.0934. The summed E-state index contributed by atoms with van der Waals surface area (Å²) in [4.78, 5) is 12.3. The van der Waals surface area contributed by atoms with Crippen molar-refractivity contribution >= 4 is 5.91 Å². The number of nitrogens with one attached hydrogen (secondary N) is 1. The molecule has 4 heteroatoms. The van der Waals surface area contributed by atoms with Gasteiger partial charge in [0.05, 0.1) is 5.56 Å². The van der Waals surface area contributed by atoms with Crippen LogP contribution in [0.3, 0.4) is 0 Å². The number of rotatable bonds is 8. The number of hydrogen-bond donors (Lipinski definition) is 1. The molecule has 0 spiro atoms. The monoisotopic (exact) mass is 325 g/mol. The van der Waals surface area contributed by atoms with Crippen molar-refractivity contribution < 1.29 is 14.3 Å². The standard InChI is InChI=1S/C20H23NO3/c22-20(21-15-16-7-6-8-16)18-11-4-5-12-19(18)24-14-13-23-17-9-2-1-3-10-17/h1-5,9-12,16H,6-8,13-15H2,(H,21,22). The maximum atomic E-state index is 12.3. The summed E-state index contributed by atoms with van der Waals surface area (Å²) < 4.78 is 11.3. The van der Waals surface area contributed by atoms with Crippen LogP contribution in [-0.4, -0.2) is 25.7 Å². The largest absolute Gasteiger partial charge is 0.490 e. The second-order valence-electron chi connectivity index (χ2n) is 6.01. The molecule has 0 aromatic heterocycles. The second kappa shape index (κ2) is 8.39. The number of ether oxygens (including phenoxy) is 2. The highest BCUT2D eigenvalue weighted by Gasteiger charge is 2.19. The highest BCUT2D eigenvalue weighted by molar-refractivity contribution is 5.96. The lowest BCUT2D eigenvalue weighted by Crippen LogP contribution is -2.32. The van der Waals surface area contributed by atoms with Crippen LogP contribution in [0.15, 0.2) is 54.6 Å². The Kier molecular flexibility index (Phi) is 5.72. The first-order valence-electron chi connectivity index (χ1n) is 8.51. The van der Waals surface area contributed by atoms with Crippen molar-refractivity contribution in [3.8, 4) is 11.5 Å². The lowest BCUT2D eigenvalue weighted by atomic mass is 9.85. The van der Waals surface area contributed by atoms with Gasteiger partial charge in [-0.1, -0.05) is 36.8 Å². The average Bonchev–Trinajstić information content (AvgIpc) is 2.58. The molecular formula is C20H23NO3. The quantitative estimate of drug-likeness (QED) is 0.753. The van der Waals surface area contributed by atoms with Crippen LogP contribution in [0.25, 0.3) is 0 Å². The summed E-state index contributed by atoms with van der Waals surface area (Å²) in [7, 11) is 0. The number of carbonyl (C=O) groups excluding carboxylic acids is 1. The van der Waals surface area contributed by atoms with Crippen molar-refractivity contribution in [1.82, 2.24) is 5.32 Å². The Hall–Kier alpha value is -2.49. The van der Waals surface area contributed by atoms with Gasteiger partial charge in [-0.05, 0) is 43.0 Å². The molecule has 24 heavy (non-hydrogen) atoms. The molecule has 0 aliphatic heterocycles. The summed E-state index contributed by atoms with van der Waals surface area (Å²) in [6.07, 6.45) is 3.71. The zero-order chi connectivity index (χ0) is 16.6. The molecule has 1 fully saturated rings. The Bertz CT molecular complexity index is 653. The molecule has 1 saturated carbocycles. The summed E-state index contributed by atoms with van der Waals surface area (Å²) in [5, 5.41) is 3.01. The topological polar surface area (TPSA) is 47.6 Å². The Morgan fingerprint density at radius 1 is 0.958 bits per heavy atom. The third-order valence-corrected chi connectivity index (χ3v) is 4.26. The maximum absolute atomic E-state index is 12.3. The molecule has 2 aromatic carbocycles. The third-order valence-electron chi connectivity index (χ3n) is 4.26. The Labute approximate surface area is 142 Å². The lowest BCUT2D eigenvalue weighted by Gasteiger charge is -2.25. The van der Waals surface area contributed by atoms with Crippen LogP contribution in [0, 0.1) is 5.92 Å². The molecule has 0 atom stereocenters. The van der Waals surface area contributed by atoms with E-state index in [-0.39, 0.29) is 5.91 Å². The van der Waals surface area contributed by atoms with E-state index in [1.54, 1.807) is 6.07 Å². The molecule has 4 nitrogen and oxygen atoms in total. The van der Waals surface area contributed by atoms with Gasteiger partial charge in [0, 0.05) is 6.54 Å². The van der Waals surface area contributed by atoms with E-state index in [1.807, 2.05) is 48.5 Å². The van der Waals surface area contributed by atoms with E-state index in [0.29, 0.717) is 30.4 Å². The van der Waals surface area contributed by atoms with Gasteiger partial charge in [-0.25, -0.2) is 0 Å². The molecule has 1 aliphatic rings. The van der Waals surface area contributed by atoms with Crippen LogP contribution in [0.2, 0.25) is 0 Å². The fourth-order valence-corrected chi connectivity index (χ4v) is 2.64. The molecule has 0 radical (unpaired) electrons. The second-order valence-corrected chi connectivity index (χ2v) is 6.01. The third kappa shape index (κ3) is 4.51. The molecule has 0 unspecified atom stereocenters. The van der Waals surface area contributed by atoms with Gasteiger partial charge in [0.2, 0.25) is 0 Å². The normalized spacial score (nSPS) is 13.8. The van der Waals surface area contributed by atoms with Crippen molar-refractivity contribution in [2.24, 2.45) is 5.92 Å². The number of hydrogen-bond acceptors (Lipinski definition) is 3. The summed E-state index contributed by atoms with van der Waals surface area (Å²) in [6, 6.07) is 17.0. The first-order chi connectivity index (χ1) is 11.8. The minimum atomic E-state index is -0.0681. The van der Waals surface area contributed by atoms with Crippen molar-refractivity contribution in [2.75, 3.05) is 19.8 Å². The molecule has 1 N–H and O–H groups in total. The first kappa shape index (κ1) is 16.4. The fraction of sp³-hybridized carbons (Fsp3) is 0.350. The molecule has 0 bridgehead atoms. The maximum Gasteiger partial charge on any atom is 0.255 e. The highest BCUT2D eigenvalue weighted by Crippen LogP contribution is 2.25. The smallest absolute Gasteiger partial charge is 0.255 e. The van der Waals surface area contributed by atoms with Gasteiger partial charge in [-0.2, -0.15) is 0 Å². The number of para-hydroxylation sites is 2. The molecule has 3 rings (SSSR count).